The fraction of sp³-hybridized carbons (Fsp3) is 0.107. The zero-order valence-corrected chi connectivity index (χ0v) is 18.6. The number of benzene rings is 2. The Morgan fingerprint density at radius 1 is 0.824 bits per heavy atom. The molecule has 1 aliphatic heterocycles. The molecule has 0 atom stereocenters. The molecule has 0 radical (unpaired) electrons. The second-order valence-electron chi connectivity index (χ2n) is 8.46. The van der Waals surface area contributed by atoms with Gasteiger partial charge in [0.15, 0.2) is 0 Å². The first-order chi connectivity index (χ1) is 16.7. The zero-order chi connectivity index (χ0) is 22.9. The largest absolute Gasteiger partial charge is 0.492 e. The van der Waals surface area contributed by atoms with E-state index in [1.165, 1.54) is 5.56 Å². The molecule has 8 bridgehead atoms. The highest BCUT2D eigenvalue weighted by Gasteiger charge is 2.13. The molecule has 4 heterocycles. The summed E-state index contributed by atoms with van der Waals surface area (Å²) in [5.41, 5.74) is 8.75. The molecule has 6 heteroatoms. The third-order valence-corrected chi connectivity index (χ3v) is 6.07. The molecule has 34 heavy (non-hydrogen) atoms. The maximum atomic E-state index is 6.03. The van der Waals surface area contributed by atoms with Gasteiger partial charge in [0, 0.05) is 28.9 Å². The topological polar surface area (TPSA) is 75.7 Å². The summed E-state index contributed by atoms with van der Waals surface area (Å²) in [5, 5.41) is 12.0. The van der Waals surface area contributed by atoms with Gasteiger partial charge in [0.1, 0.15) is 11.4 Å². The molecule has 2 aromatic carbocycles. The number of hydrogen-bond acceptors (Lipinski definition) is 5. The summed E-state index contributed by atoms with van der Waals surface area (Å²) in [7, 11) is 0. The number of pyridine rings is 2. The Hall–Kier alpha value is -4.45. The molecule has 0 saturated heterocycles. The van der Waals surface area contributed by atoms with E-state index in [2.05, 4.69) is 74.5 Å². The van der Waals surface area contributed by atoms with Crippen LogP contribution in [0.1, 0.15) is 17.7 Å². The maximum Gasteiger partial charge on any atom is 0.138 e. The van der Waals surface area contributed by atoms with E-state index >= 15 is 0 Å². The van der Waals surface area contributed by atoms with Crippen LogP contribution in [0.5, 0.6) is 5.75 Å². The van der Waals surface area contributed by atoms with Gasteiger partial charge in [-0.3, -0.25) is 15.1 Å². The van der Waals surface area contributed by atoms with Gasteiger partial charge in [-0.25, -0.2) is 0 Å². The first-order valence-electron chi connectivity index (χ1n) is 11.3. The van der Waals surface area contributed by atoms with Gasteiger partial charge in [-0.15, -0.1) is 0 Å². The lowest BCUT2D eigenvalue weighted by Gasteiger charge is -2.10. The van der Waals surface area contributed by atoms with Crippen molar-refractivity contribution >= 4 is 22.3 Å². The minimum absolute atomic E-state index is 0.626. The van der Waals surface area contributed by atoms with Crippen molar-refractivity contribution in [3.63, 3.8) is 0 Å². The monoisotopic (exact) mass is 445 g/mol. The van der Waals surface area contributed by atoms with Gasteiger partial charge in [0.25, 0.3) is 0 Å². The first-order valence-corrected chi connectivity index (χ1v) is 11.3. The molecule has 0 spiro atoms. The van der Waals surface area contributed by atoms with E-state index in [0.29, 0.717) is 12.3 Å². The molecule has 0 fully saturated rings. The number of aryl methyl sites for hydroxylation is 1. The number of anilines is 1. The number of nitrogens with one attached hydrogen (secondary N) is 2. The number of aromatic amines is 1. The van der Waals surface area contributed by atoms with E-state index in [0.717, 1.165) is 63.1 Å². The minimum atomic E-state index is 0.626. The number of fused-ring (bicyclic) bond motifs is 9. The molecule has 6 nitrogen and oxygen atoms in total. The fourth-order valence-electron chi connectivity index (χ4n) is 4.35. The number of ether oxygens (including phenoxy) is 1. The predicted octanol–water partition coefficient (Wildman–Crippen LogP) is 6.09. The van der Waals surface area contributed by atoms with Gasteiger partial charge in [-0.2, -0.15) is 5.10 Å². The van der Waals surface area contributed by atoms with Crippen LogP contribution in [-0.2, 0) is 6.42 Å². The molecule has 1 aliphatic rings. The molecule has 0 saturated carbocycles. The Balaban J connectivity index is 1.45. The predicted molar refractivity (Wildman–Crippen MR) is 135 cm³/mol. The quantitative estimate of drug-likeness (QED) is 0.301. The number of nitrogens with zero attached hydrogens (tertiary/aromatic N) is 3. The Labute approximate surface area is 197 Å². The lowest BCUT2D eigenvalue weighted by atomic mass is 10.0. The van der Waals surface area contributed by atoms with E-state index in [1.54, 1.807) is 12.4 Å². The van der Waals surface area contributed by atoms with Crippen LogP contribution in [0.25, 0.3) is 38.9 Å². The Bertz CT molecular complexity index is 1520. The first kappa shape index (κ1) is 20.2. The average Bonchev–Trinajstić information content (AvgIpc) is 3.30. The van der Waals surface area contributed by atoms with Crippen LogP contribution in [0.3, 0.4) is 0 Å². The van der Waals surface area contributed by atoms with Crippen molar-refractivity contribution in [1.82, 2.24) is 20.2 Å². The van der Waals surface area contributed by atoms with Gasteiger partial charge >= 0.3 is 0 Å². The van der Waals surface area contributed by atoms with Crippen LogP contribution in [-0.4, -0.2) is 26.8 Å². The molecule has 6 rings (SSSR count). The summed E-state index contributed by atoms with van der Waals surface area (Å²) in [5.74, 6) is 0.768. The van der Waals surface area contributed by atoms with Gasteiger partial charge in [-0.1, -0.05) is 36.9 Å². The van der Waals surface area contributed by atoms with Gasteiger partial charge < -0.3 is 10.1 Å². The van der Waals surface area contributed by atoms with Crippen LogP contribution in [0.15, 0.2) is 86.0 Å². The summed E-state index contributed by atoms with van der Waals surface area (Å²) in [6.07, 6.45) is 9.15. The van der Waals surface area contributed by atoms with E-state index in [9.17, 15) is 0 Å². The summed E-state index contributed by atoms with van der Waals surface area (Å²) >= 11 is 0. The van der Waals surface area contributed by atoms with Crippen molar-refractivity contribution in [2.45, 2.75) is 12.8 Å². The van der Waals surface area contributed by atoms with Crippen LogP contribution in [0, 0.1) is 0 Å². The van der Waals surface area contributed by atoms with Gasteiger partial charge in [0.2, 0.25) is 0 Å². The molecule has 166 valence electrons. The Kier molecular flexibility index (Phi) is 5.03. The lowest BCUT2D eigenvalue weighted by Crippen LogP contribution is -2.00. The summed E-state index contributed by atoms with van der Waals surface area (Å²) in [4.78, 5) is 8.86. The highest BCUT2D eigenvalue weighted by molar-refractivity contribution is 5.95. The molecule has 0 unspecified atom stereocenters. The zero-order valence-electron chi connectivity index (χ0n) is 18.6. The van der Waals surface area contributed by atoms with Gasteiger partial charge in [-0.05, 0) is 53.8 Å². The number of aromatic nitrogens is 4. The van der Waals surface area contributed by atoms with Crippen molar-refractivity contribution < 1.29 is 4.74 Å². The average molecular weight is 446 g/mol. The second kappa shape index (κ2) is 8.48. The fourth-order valence-corrected chi connectivity index (χ4v) is 4.35. The maximum absolute atomic E-state index is 6.03. The van der Waals surface area contributed by atoms with E-state index < -0.39 is 0 Å². The lowest BCUT2D eigenvalue weighted by molar-refractivity contribution is 0.310. The van der Waals surface area contributed by atoms with E-state index in [1.807, 2.05) is 24.5 Å². The van der Waals surface area contributed by atoms with Crippen LogP contribution in [0.2, 0.25) is 0 Å². The second-order valence-corrected chi connectivity index (χ2v) is 8.46. The van der Waals surface area contributed by atoms with Crippen molar-refractivity contribution in [1.29, 1.82) is 0 Å². The number of H-pyrrole nitrogens is 1. The highest BCUT2D eigenvalue weighted by atomic mass is 16.5. The highest BCUT2D eigenvalue weighted by Crippen LogP contribution is 2.30. The van der Waals surface area contributed by atoms with Crippen LogP contribution < -0.4 is 10.1 Å². The van der Waals surface area contributed by atoms with Crippen molar-refractivity contribution in [2.75, 3.05) is 11.9 Å². The molecule has 0 amide bonds. The minimum Gasteiger partial charge on any atom is -0.492 e. The third kappa shape index (κ3) is 3.90. The SMILES string of the molecule is C=C1Nc2cncc(c2)-c2cccc(c2)CCCOc2cncc(c2)-c2ccc3[nH]nc1c3c2. The Morgan fingerprint density at radius 3 is 2.62 bits per heavy atom. The van der Waals surface area contributed by atoms with Crippen molar-refractivity contribution in [3.8, 4) is 28.0 Å². The van der Waals surface area contributed by atoms with E-state index in [-0.39, 0.29) is 0 Å². The van der Waals surface area contributed by atoms with Crippen molar-refractivity contribution in [2.24, 2.45) is 0 Å². The molecular formula is C28H23N5O. The van der Waals surface area contributed by atoms with Gasteiger partial charge in [0.05, 0.1) is 35.9 Å². The molecule has 5 aromatic rings. The number of rotatable bonds is 0. The smallest absolute Gasteiger partial charge is 0.138 e. The summed E-state index contributed by atoms with van der Waals surface area (Å²) < 4.78 is 6.03. The third-order valence-electron chi connectivity index (χ3n) is 6.07. The van der Waals surface area contributed by atoms with Crippen molar-refractivity contribution in [3.05, 3.63) is 97.2 Å². The normalized spacial score (nSPS) is 13.5. The molecule has 2 N–H and O–H groups in total. The number of hydrogen-bond donors (Lipinski definition) is 2. The molecule has 3 aromatic heterocycles. The Morgan fingerprint density at radius 2 is 1.68 bits per heavy atom. The summed E-state index contributed by atoms with van der Waals surface area (Å²) in [6.45, 7) is 4.88. The van der Waals surface area contributed by atoms with Crippen LogP contribution in [0.4, 0.5) is 5.69 Å². The molecule has 0 aliphatic carbocycles. The molecular weight excluding hydrogens is 422 g/mol. The summed E-state index contributed by atoms with van der Waals surface area (Å²) in [6, 6.07) is 18.9. The van der Waals surface area contributed by atoms with E-state index in [4.69, 9.17) is 4.74 Å². The standard InChI is InChI=1S/C28H23N5O/c1-18-28-26-13-21(7-8-27(26)32-33-28)23-12-25(17-30-15-23)34-9-3-5-19-4-2-6-20(10-19)22-11-24(31-18)16-29-14-22/h2,4,6-8,10-17,31H,1,3,5,9H2,(H,32,33). The van der Waals surface area contributed by atoms with Crippen LogP contribution >= 0.6 is 0 Å².